The zero-order chi connectivity index (χ0) is 17.2. The molecular weight excluding hydrogens is 310 g/mol. The van der Waals surface area contributed by atoms with E-state index in [0.29, 0.717) is 31.1 Å². The van der Waals surface area contributed by atoms with E-state index in [1.54, 1.807) is 48.0 Å². The normalized spacial score (nSPS) is 20.1. The molecule has 1 atom stereocenters. The molecule has 9 heteroatoms. The Hall–Kier alpha value is -2.68. The summed E-state index contributed by atoms with van der Waals surface area (Å²) >= 11 is 0. The SMILES string of the molecule is Cn1ccc(NC(=O)CC2(C(=O)Nc3ccn(C)n3)CCNC2)n1. The van der Waals surface area contributed by atoms with Crippen molar-refractivity contribution in [1.29, 1.82) is 0 Å². The lowest BCUT2D eigenvalue weighted by atomic mass is 9.82. The van der Waals surface area contributed by atoms with Crippen LogP contribution in [0.1, 0.15) is 12.8 Å². The van der Waals surface area contributed by atoms with Crippen LogP contribution in [0.15, 0.2) is 24.5 Å². The molecule has 9 nitrogen and oxygen atoms in total. The van der Waals surface area contributed by atoms with Crippen molar-refractivity contribution in [3.63, 3.8) is 0 Å². The summed E-state index contributed by atoms with van der Waals surface area (Å²) in [5, 5.41) is 17.0. The monoisotopic (exact) mass is 331 g/mol. The van der Waals surface area contributed by atoms with Crippen molar-refractivity contribution < 1.29 is 9.59 Å². The van der Waals surface area contributed by atoms with E-state index in [9.17, 15) is 9.59 Å². The minimum absolute atomic E-state index is 0.0925. The first-order valence-electron chi connectivity index (χ1n) is 7.78. The third kappa shape index (κ3) is 3.46. The van der Waals surface area contributed by atoms with Crippen LogP contribution < -0.4 is 16.0 Å². The van der Waals surface area contributed by atoms with Gasteiger partial charge in [0.1, 0.15) is 0 Å². The van der Waals surface area contributed by atoms with E-state index in [-0.39, 0.29) is 18.2 Å². The Morgan fingerprint density at radius 3 is 2.29 bits per heavy atom. The van der Waals surface area contributed by atoms with E-state index >= 15 is 0 Å². The second-order valence-electron chi connectivity index (χ2n) is 6.14. The van der Waals surface area contributed by atoms with Crippen LogP contribution in [0.25, 0.3) is 0 Å². The summed E-state index contributed by atoms with van der Waals surface area (Å²) in [7, 11) is 3.56. The first-order valence-corrected chi connectivity index (χ1v) is 7.78. The zero-order valence-corrected chi connectivity index (χ0v) is 13.7. The molecule has 3 rings (SSSR count). The molecule has 0 bridgehead atoms. The highest BCUT2D eigenvalue weighted by Gasteiger charge is 2.43. The Labute approximate surface area is 139 Å². The number of aryl methyl sites for hydroxylation is 2. The molecular formula is C15H21N7O2. The van der Waals surface area contributed by atoms with Crippen LogP contribution in [0.3, 0.4) is 0 Å². The van der Waals surface area contributed by atoms with Gasteiger partial charge in [-0.15, -0.1) is 0 Å². The summed E-state index contributed by atoms with van der Waals surface area (Å²) in [4.78, 5) is 25.1. The van der Waals surface area contributed by atoms with Crippen molar-refractivity contribution in [2.75, 3.05) is 23.7 Å². The van der Waals surface area contributed by atoms with Crippen LogP contribution in [-0.2, 0) is 23.7 Å². The van der Waals surface area contributed by atoms with Crippen molar-refractivity contribution in [1.82, 2.24) is 24.9 Å². The van der Waals surface area contributed by atoms with E-state index in [4.69, 9.17) is 0 Å². The summed E-state index contributed by atoms with van der Waals surface area (Å²) < 4.78 is 3.22. The molecule has 1 aliphatic rings. The van der Waals surface area contributed by atoms with Gasteiger partial charge < -0.3 is 16.0 Å². The number of aromatic nitrogens is 4. The molecule has 3 heterocycles. The molecule has 128 valence electrons. The molecule has 0 saturated carbocycles. The number of nitrogens with one attached hydrogen (secondary N) is 3. The Kier molecular flexibility index (Phi) is 4.34. The van der Waals surface area contributed by atoms with Crippen LogP contribution >= 0.6 is 0 Å². The maximum Gasteiger partial charge on any atom is 0.233 e. The number of carbonyl (C=O) groups is 2. The number of amides is 2. The first-order chi connectivity index (χ1) is 11.5. The van der Waals surface area contributed by atoms with Gasteiger partial charge in [-0.05, 0) is 13.0 Å². The van der Waals surface area contributed by atoms with Gasteiger partial charge in [0.2, 0.25) is 11.8 Å². The molecule has 1 saturated heterocycles. The van der Waals surface area contributed by atoms with Gasteiger partial charge in [-0.1, -0.05) is 0 Å². The maximum absolute atomic E-state index is 12.7. The quantitative estimate of drug-likeness (QED) is 0.720. The van der Waals surface area contributed by atoms with Crippen molar-refractivity contribution in [2.24, 2.45) is 19.5 Å². The van der Waals surface area contributed by atoms with Crippen LogP contribution in [0.2, 0.25) is 0 Å². The molecule has 1 unspecified atom stereocenters. The molecule has 0 aromatic carbocycles. The highest BCUT2D eigenvalue weighted by atomic mass is 16.2. The Bertz CT molecular complexity index is 743. The van der Waals surface area contributed by atoms with E-state index in [1.165, 1.54) is 0 Å². The molecule has 0 radical (unpaired) electrons. The fraction of sp³-hybridized carbons (Fsp3) is 0.467. The van der Waals surface area contributed by atoms with Gasteiger partial charge in [-0.25, -0.2) is 0 Å². The number of carbonyl (C=O) groups excluding carboxylic acids is 2. The van der Waals surface area contributed by atoms with Gasteiger partial charge in [-0.2, -0.15) is 10.2 Å². The van der Waals surface area contributed by atoms with E-state index in [1.807, 2.05) is 0 Å². The van der Waals surface area contributed by atoms with Crippen LogP contribution in [0, 0.1) is 5.41 Å². The lowest BCUT2D eigenvalue weighted by Gasteiger charge is -2.25. The summed E-state index contributed by atoms with van der Waals surface area (Å²) in [5.41, 5.74) is -0.781. The highest BCUT2D eigenvalue weighted by Crippen LogP contribution is 2.31. The predicted octanol–water partition coefficient (Wildman–Crippen LogP) is 0.101. The lowest BCUT2D eigenvalue weighted by molar-refractivity contribution is -0.129. The number of hydrogen-bond donors (Lipinski definition) is 3. The number of nitrogens with zero attached hydrogens (tertiary/aromatic N) is 4. The van der Waals surface area contributed by atoms with Crippen LogP contribution in [-0.4, -0.2) is 44.5 Å². The van der Waals surface area contributed by atoms with Crippen molar-refractivity contribution in [3.05, 3.63) is 24.5 Å². The number of anilines is 2. The summed E-state index contributed by atoms with van der Waals surface area (Å²) in [5.74, 6) is 0.545. The molecule has 24 heavy (non-hydrogen) atoms. The first kappa shape index (κ1) is 16.2. The third-order valence-corrected chi connectivity index (χ3v) is 4.16. The zero-order valence-electron chi connectivity index (χ0n) is 13.7. The summed E-state index contributed by atoms with van der Waals surface area (Å²) in [6.07, 6.45) is 4.19. The van der Waals surface area contributed by atoms with Crippen LogP contribution in [0.5, 0.6) is 0 Å². The standard InChI is InChI=1S/C15H21N7O2/c1-21-7-3-11(19-21)17-13(23)9-15(5-6-16-10-15)14(24)18-12-4-8-22(2)20-12/h3-4,7-8,16H,5-6,9-10H2,1-2H3,(H,17,19,23)(H,18,20,24). The second-order valence-corrected chi connectivity index (χ2v) is 6.14. The fourth-order valence-electron chi connectivity index (χ4n) is 2.88. The van der Waals surface area contributed by atoms with Gasteiger partial charge in [0.25, 0.3) is 0 Å². The summed E-state index contributed by atoms with van der Waals surface area (Å²) in [6.45, 7) is 1.16. The fourth-order valence-corrected chi connectivity index (χ4v) is 2.88. The van der Waals surface area contributed by atoms with Gasteiger partial charge in [0.15, 0.2) is 11.6 Å². The smallest absolute Gasteiger partial charge is 0.233 e. The molecule has 3 N–H and O–H groups in total. The summed E-state index contributed by atoms with van der Waals surface area (Å²) in [6, 6.07) is 3.44. The van der Waals surface area contributed by atoms with E-state index in [0.717, 1.165) is 0 Å². The van der Waals surface area contributed by atoms with Gasteiger partial charge in [0, 0.05) is 51.6 Å². The average molecular weight is 331 g/mol. The minimum Gasteiger partial charge on any atom is -0.316 e. The molecule has 2 aromatic rings. The van der Waals surface area contributed by atoms with Gasteiger partial charge in [-0.3, -0.25) is 19.0 Å². The molecule has 0 spiro atoms. The third-order valence-electron chi connectivity index (χ3n) is 4.16. The second kappa shape index (κ2) is 6.44. The molecule has 2 aromatic heterocycles. The van der Waals surface area contributed by atoms with E-state index < -0.39 is 5.41 Å². The van der Waals surface area contributed by atoms with Gasteiger partial charge >= 0.3 is 0 Å². The lowest BCUT2D eigenvalue weighted by Crippen LogP contribution is -2.41. The highest BCUT2D eigenvalue weighted by molar-refractivity contribution is 6.00. The number of rotatable bonds is 5. The van der Waals surface area contributed by atoms with Gasteiger partial charge in [0.05, 0.1) is 5.41 Å². The Morgan fingerprint density at radius 2 is 1.79 bits per heavy atom. The molecule has 0 aliphatic carbocycles. The topological polar surface area (TPSA) is 106 Å². The Balaban J connectivity index is 1.68. The molecule has 1 fully saturated rings. The average Bonchev–Trinajstić information content (AvgIpc) is 3.23. The van der Waals surface area contributed by atoms with E-state index in [2.05, 4.69) is 26.1 Å². The van der Waals surface area contributed by atoms with Crippen molar-refractivity contribution in [2.45, 2.75) is 12.8 Å². The number of hydrogen-bond acceptors (Lipinski definition) is 5. The van der Waals surface area contributed by atoms with Crippen LogP contribution in [0.4, 0.5) is 11.6 Å². The van der Waals surface area contributed by atoms with Crippen molar-refractivity contribution in [3.8, 4) is 0 Å². The minimum atomic E-state index is -0.781. The van der Waals surface area contributed by atoms with Crippen molar-refractivity contribution >= 4 is 23.5 Å². The maximum atomic E-state index is 12.7. The molecule has 1 aliphatic heterocycles. The molecule has 2 amide bonds. The Morgan fingerprint density at radius 1 is 1.17 bits per heavy atom. The largest absolute Gasteiger partial charge is 0.316 e. The predicted molar refractivity (Wildman–Crippen MR) is 88.2 cm³/mol.